The van der Waals surface area contributed by atoms with Gasteiger partial charge in [-0.25, -0.2) is 0 Å². The second-order valence-electron chi connectivity index (χ2n) is 15.9. The molecule has 1 aromatic heterocycles. The summed E-state index contributed by atoms with van der Waals surface area (Å²) in [4.78, 5) is 0. The highest BCUT2D eigenvalue weighted by atomic mass is 16.6. The molecule has 0 amide bonds. The van der Waals surface area contributed by atoms with E-state index in [1.54, 1.807) is 0 Å². The second-order valence-corrected chi connectivity index (χ2v) is 15.9. The predicted molar refractivity (Wildman–Crippen MR) is 210 cm³/mol. The molecule has 2 aliphatic carbocycles. The molecule has 5 aromatic rings. The molecule has 0 fully saturated rings. The van der Waals surface area contributed by atoms with Crippen LogP contribution >= 0.6 is 0 Å². The smallest absolute Gasteiger partial charge is 0.168 e. The van der Waals surface area contributed by atoms with Crippen molar-refractivity contribution < 1.29 is 18.9 Å². The molecule has 4 aromatic carbocycles. The number of benzene rings is 4. The van der Waals surface area contributed by atoms with E-state index in [0.29, 0.717) is 24.9 Å². The van der Waals surface area contributed by atoms with Crippen LogP contribution in [-0.4, -0.2) is 23.9 Å². The Kier molecular flexibility index (Phi) is 9.58. The first-order valence-electron chi connectivity index (χ1n) is 19.0. The van der Waals surface area contributed by atoms with Crippen LogP contribution in [0.15, 0.2) is 79.6 Å². The minimum atomic E-state index is -0.549. The third kappa shape index (κ3) is 6.38. The number of aromatic nitrogens is 1. The van der Waals surface area contributed by atoms with E-state index in [4.69, 9.17) is 18.9 Å². The minimum Gasteiger partial charge on any atom is -0.487 e. The monoisotopic (exact) mass is 685 g/mol. The van der Waals surface area contributed by atoms with Crippen molar-refractivity contribution in [1.29, 1.82) is 0 Å². The van der Waals surface area contributed by atoms with Gasteiger partial charge in [0.1, 0.15) is 11.7 Å². The number of fused-ring (bicyclic) bond motifs is 5. The lowest BCUT2D eigenvalue weighted by atomic mass is 9.66. The largest absolute Gasteiger partial charge is 0.487 e. The van der Waals surface area contributed by atoms with Crippen LogP contribution in [0.2, 0.25) is 0 Å². The third-order valence-electron chi connectivity index (χ3n) is 11.3. The van der Waals surface area contributed by atoms with E-state index in [9.17, 15) is 0 Å². The maximum absolute atomic E-state index is 6.75. The molecule has 1 heterocycles. The van der Waals surface area contributed by atoms with Crippen LogP contribution in [-0.2, 0) is 39.9 Å². The fourth-order valence-corrected chi connectivity index (χ4v) is 8.43. The van der Waals surface area contributed by atoms with Crippen LogP contribution in [0.4, 0.5) is 0 Å². The normalized spacial score (nSPS) is 19.4. The van der Waals surface area contributed by atoms with Crippen molar-refractivity contribution in [3.63, 3.8) is 0 Å². The van der Waals surface area contributed by atoms with Gasteiger partial charge in [-0.15, -0.1) is 0 Å². The van der Waals surface area contributed by atoms with Gasteiger partial charge in [0.2, 0.25) is 0 Å². The lowest BCUT2D eigenvalue weighted by Crippen LogP contribution is -2.45. The Hall–Kier alpha value is -4.06. The van der Waals surface area contributed by atoms with Gasteiger partial charge in [0, 0.05) is 41.4 Å². The molecule has 5 nitrogen and oxygen atoms in total. The number of rotatable bonds is 15. The first-order valence-corrected chi connectivity index (χ1v) is 19.0. The van der Waals surface area contributed by atoms with Crippen LogP contribution < -0.4 is 9.47 Å². The van der Waals surface area contributed by atoms with Gasteiger partial charge >= 0.3 is 0 Å². The molecule has 0 saturated carbocycles. The van der Waals surface area contributed by atoms with E-state index in [1.807, 2.05) is 6.07 Å². The molecule has 0 bridgehead atoms. The van der Waals surface area contributed by atoms with E-state index in [0.717, 1.165) is 38.0 Å². The zero-order valence-corrected chi connectivity index (χ0v) is 31.9. The first kappa shape index (κ1) is 35.3. The summed E-state index contributed by atoms with van der Waals surface area (Å²) in [7, 11) is 0. The zero-order valence-electron chi connectivity index (χ0n) is 31.9. The molecular formula is C46H55NO4. The van der Waals surface area contributed by atoms with E-state index in [1.165, 1.54) is 67.0 Å². The van der Waals surface area contributed by atoms with Gasteiger partial charge in [-0.3, -0.25) is 0 Å². The van der Waals surface area contributed by atoms with Gasteiger partial charge in [-0.1, -0.05) is 58.5 Å². The Bertz CT molecular complexity index is 2090. The van der Waals surface area contributed by atoms with E-state index < -0.39 is 5.60 Å². The molecule has 0 saturated heterocycles. The van der Waals surface area contributed by atoms with Crippen molar-refractivity contribution in [2.24, 2.45) is 5.92 Å². The number of hydrogen-bond donors (Lipinski definition) is 0. The van der Waals surface area contributed by atoms with Crippen molar-refractivity contribution in [2.45, 2.75) is 111 Å². The van der Waals surface area contributed by atoms with Crippen LogP contribution in [0.25, 0.3) is 32.9 Å². The summed E-state index contributed by atoms with van der Waals surface area (Å²) in [5.41, 5.74) is 11.4. The van der Waals surface area contributed by atoms with Crippen molar-refractivity contribution in [3.05, 3.63) is 107 Å². The summed E-state index contributed by atoms with van der Waals surface area (Å²) in [6.45, 7) is 23.7. The van der Waals surface area contributed by atoms with Crippen LogP contribution in [0, 0.1) is 5.92 Å². The minimum absolute atomic E-state index is 0.0711. The highest BCUT2D eigenvalue weighted by Gasteiger charge is 2.50. The summed E-state index contributed by atoms with van der Waals surface area (Å²) < 4.78 is 27.6. The zero-order chi connectivity index (χ0) is 36.1. The molecular weight excluding hydrogens is 631 g/mol. The van der Waals surface area contributed by atoms with Crippen LogP contribution in [0.1, 0.15) is 102 Å². The average molecular weight is 686 g/mol. The average Bonchev–Trinajstić information content (AvgIpc) is 3.41. The van der Waals surface area contributed by atoms with E-state index in [-0.39, 0.29) is 17.6 Å². The van der Waals surface area contributed by atoms with Crippen molar-refractivity contribution in [2.75, 3.05) is 13.2 Å². The molecule has 5 heteroatoms. The molecule has 0 radical (unpaired) electrons. The van der Waals surface area contributed by atoms with E-state index in [2.05, 4.69) is 127 Å². The number of hydrogen-bond acceptors (Lipinski definition) is 4. The molecule has 7 rings (SSSR count). The fraction of sp³-hybridized carbons (Fsp3) is 0.435. The number of ether oxygens (including phenoxy) is 4. The summed E-state index contributed by atoms with van der Waals surface area (Å²) in [6, 6.07) is 24.9. The Morgan fingerprint density at radius 1 is 0.843 bits per heavy atom. The molecule has 2 aliphatic rings. The van der Waals surface area contributed by atoms with Gasteiger partial charge in [-0.2, -0.15) is 0 Å². The summed E-state index contributed by atoms with van der Waals surface area (Å²) in [5.74, 6) is 2.08. The maximum atomic E-state index is 6.75. The Morgan fingerprint density at radius 2 is 1.61 bits per heavy atom. The van der Waals surface area contributed by atoms with Crippen molar-refractivity contribution in [3.8, 4) is 22.6 Å². The Balaban J connectivity index is 1.10. The van der Waals surface area contributed by atoms with Gasteiger partial charge in [-0.05, 0) is 140 Å². The van der Waals surface area contributed by atoms with Crippen LogP contribution in [0.3, 0.4) is 0 Å². The van der Waals surface area contributed by atoms with Gasteiger partial charge in [0.05, 0.1) is 19.0 Å². The Morgan fingerprint density at radius 3 is 2.33 bits per heavy atom. The maximum Gasteiger partial charge on any atom is 0.168 e. The molecule has 0 spiro atoms. The SMILES string of the molecule is C=COc1cc(CCC(C)C)ccc1OC(C)CCOC1(C)c2cc(-c3ccc4c(c3)c3cc5c(cc3n4CC)CC5(C)C)ccc2C1OCC. The molecule has 268 valence electrons. The Labute approximate surface area is 304 Å². The van der Waals surface area contributed by atoms with Crippen molar-refractivity contribution >= 4 is 21.8 Å². The molecule has 3 unspecified atom stereocenters. The van der Waals surface area contributed by atoms with Gasteiger partial charge < -0.3 is 23.5 Å². The highest BCUT2D eigenvalue weighted by molar-refractivity contribution is 6.10. The molecule has 0 aliphatic heterocycles. The number of aryl methyl sites for hydroxylation is 2. The van der Waals surface area contributed by atoms with Crippen molar-refractivity contribution in [1.82, 2.24) is 4.57 Å². The fourth-order valence-electron chi connectivity index (χ4n) is 8.43. The number of nitrogens with zero attached hydrogens (tertiary/aromatic N) is 1. The first-order chi connectivity index (χ1) is 24.5. The van der Waals surface area contributed by atoms with E-state index >= 15 is 0 Å². The lowest BCUT2D eigenvalue weighted by Gasteiger charge is -2.48. The third-order valence-corrected chi connectivity index (χ3v) is 11.3. The summed E-state index contributed by atoms with van der Waals surface area (Å²) in [5, 5.41) is 2.68. The summed E-state index contributed by atoms with van der Waals surface area (Å²) in [6.07, 6.45) is 5.30. The molecule has 0 N–H and O–H groups in total. The quantitative estimate of drug-likeness (QED) is 0.103. The second kappa shape index (κ2) is 13.8. The van der Waals surface area contributed by atoms with Gasteiger partial charge in [0.15, 0.2) is 11.5 Å². The lowest BCUT2D eigenvalue weighted by molar-refractivity contribution is -0.171. The topological polar surface area (TPSA) is 41.9 Å². The standard InChI is InChI=1S/C46H55NO4/c1-10-47-40-19-17-32(24-36(40)37-27-38-34(26-41(37)47)28-45(38,7)8)33-16-18-35-39(25-33)46(9,44(35)49-12-3)50-22-21-30(6)51-42-20-15-31(14-13-29(4)5)23-43(42)48-11-2/h11,15-20,23-27,29-30,44H,2,10,12-14,21-22,28H2,1,3-9H3. The predicted octanol–water partition coefficient (Wildman–Crippen LogP) is 11.6. The van der Waals surface area contributed by atoms with Gasteiger partial charge in [0.25, 0.3) is 0 Å². The van der Waals surface area contributed by atoms with Crippen LogP contribution in [0.5, 0.6) is 11.5 Å². The molecule has 51 heavy (non-hydrogen) atoms. The summed E-state index contributed by atoms with van der Waals surface area (Å²) >= 11 is 0. The highest BCUT2D eigenvalue weighted by Crippen LogP contribution is 2.54. The molecule has 3 atom stereocenters.